The van der Waals surface area contributed by atoms with Crippen molar-refractivity contribution in [2.24, 2.45) is 0 Å². The number of ether oxygens (including phenoxy) is 1. The summed E-state index contributed by atoms with van der Waals surface area (Å²) in [6, 6.07) is 18.1. The summed E-state index contributed by atoms with van der Waals surface area (Å²) in [6.07, 6.45) is 4.88. The Morgan fingerprint density at radius 2 is 1.93 bits per heavy atom. The molecule has 2 heterocycles. The lowest BCUT2D eigenvalue weighted by Crippen LogP contribution is -2.31. The first-order valence-corrected chi connectivity index (χ1v) is 10.3. The van der Waals surface area contributed by atoms with Gasteiger partial charge in [0.2, 0.25) is 0 Å². The van der Waals surface area contributed by atoms with Crippen LogP contribution in [0.3, 0.4) is 0 Å². The third-order valence-electron chi connectivity index (χ3n) is 5.26. The average molecular weight is 389 g/mol. The minimum atomic E-state index is -0.209. The summed E-state index contributed by atoms with van der Waals surface area (Å²) in [5.74, 6) is -0.0764. The summed E-state index contributed by atoms with van der Waals surface area (Å²) < 4.78 is 7.88. The summed E-state index contributed by atoms with van der Waals surface area (Å²) in [7, 11) is 0. The second-order valence-electron chi connectivity index (χ2n) is 7.49. The van der Waals surface area contributed by atoms with E-state index in [0.29, 0.717) is 18.7 Å². The number of rotatable bonds is 7. The molecule has 1 aliphatic heterocycles. The first-order chi connectivity index (χ1) is 14.2. The van der Waals surface area contributed by atoms with E-state index in [1.165, 1.54) is 16.7 Å². The van der Waals surface area contributed by atoms with Gasteiger partial charge in [-0.15, -0.1) is 0 Å². The maximum atomic E-state index is 12.5. The normalized spacial score (nSPS) is 15.7. The Labute approximate surface area is 171 Å². The number of nitrogens with one attached hydrogen (secondary N) is 1. The molecule has 5 heteroatoms. The lowest BCUT2D eigenvalue weighted by molar-refractivity contribution is 0.0383. The molecule has 0 fully saturated rings. The highest BCUT2D eigenvalue weighted by Crippen LogP contribution is 2.25. The van der Waals surface area contributed by atoms with E-state index in [2.05, 4.69) is 30.6 Å². The van der Waals surface area contributed by atoms with E-state index in [9.17, 15) is 4.79 Å². The zero-order chi connectivity index (χ0) is 20.1. The molecule has 0 bridgehead atoms. The highest BCUT2D eigenvalue weighted by atomic mass is 16.5. The van der Waals surface area contributed by atoms with Crippen LogP contribution < -0.4 is 5.32 Å². The minimum Gasteiger partial charge on any atom is -0.370 e. The molecule has 150 valence electrons. The Morgan fingerprint density at radius 3 is 2.69 bits per heavy atom. The van der Waals surface area contributed by atoms with Crippen LogP contribution in [-0.4, -0.2) is 28.8 Å². The maximum Gasteiger partial charge on any atom is 0.251 e. The Hall–Kier alpha value is -2.92. The van der Waals surface area contributed by atoms with Gasteiger partial charge in [0.05, 0.1) is 18.8 Å². The van der Waals surface area contributed by atoms with Gasteiger partial charge in [0.1, 0.15) is 6.10 Å². The number of carbonyl (C=O) groups is 1. The number of benzene rings is 2. The number of hydrogen-bond acceptors (Lipinski definition) is 3. The number of nitrogens with zero attached hydrogens (tertiary/aromatic N) is 2. The Balaban J connectivity index is 1.39. The van der Waals surface area contributed by atoms with Crippen molar-refractivity contribution >= 4 is 5.91 Å². The van der Waals surface area contributed by atoms with Crippen molar-refractivity contribution in [2.45, 2.75) is 38.8 Å². The number of hydrogen-bond donors (Lipinski definition) is 1. The maximum absolute atomic E-state index is 12.5. The van der Waals surface area contributed by atoms with E-state index in [0.717, 1.165) is 31.5 Å². The van der Waals surface area contributed by atoms with Gasteiger partial charge in [0.25, 0.3) is 5.91 Å². The summed E-state index contributed by atoms with van der Waals surface area (Å²) in [4.78, 5) is 12.5. The predicted molar refractivity (Wildman–Crippen MR) is 113 cm³/mol. The smallest absolute Gasteiger partial charge is 0.251 e. The van der Waals surface area contributed by atoms with Gasteiger partial charge in [-0.3, -0.25) is 9.48 Å². The summed E-state index contributed by atoms with van der Waals surface area (Å²) in [5, 5.41) is 7.76. The third-order valence-corrected chi connectivity index (χ3v) is 5.26. The van der Waals surface area contributed by atoms with Crippen LogP contribution in [-0.2, 0) is 24.1 Å². The van der Waals surface area contributed by atoms with Gasteiger partial charge in [-0.05, 0) is 41.7 Å². The molecule has 1 amide bonds. The van der Waals surface area contributed by atoms with Gasteiger partial charge in [-0.25, -0.2) is 0 Å². The number of fused-ring (bicyclic) bond motifs is 1. The van der Waals surface area contributed by atoms with E-state index in [4.69, 9.17) is 9.84 Å². The lowest BCUT2D eigenvalue weighted by Gasteiger charge is -2.22. The molecular formula is C24H27N3O2. The van der Waals surface area contributed by atoms with Crippen LogP contribution in [0.4, 0.5) is 0 Å². The first-order valence-electron chi connectivity index (χ1n) is 10.3. The topological polar surface area (TPSA) is 56.1 Å². The molecule has 29 heavy (non-hydrogen) atoms. The van der Waals surface area contributed by atoms with Crippen LogP contribution in [0.15, 0.2) is 60.8 Å². The van der Waals surface area contributed by atoms with Crippen LogP contribution in [0.25, 0.3) is 0 Å². The van der Waals surface area contributed by atoms with Gasteiger partial charge in [0.15, 0.2) is 0 Å². The lowest BCUT2D eigenvalue weighted by atomic mass is 10.1. The highest BCUT2D eigenvalue weighted by Gasteiger charge is 2.25. The summed E-state index contributed by atoms with van der Waals surface area (Å²) in [6.45, 7) is 3.96. The number of amides is 1. The molecule has 0 saturated carbocycles. The van der Waals surface area contributed by atoms with Gasteiger partial charge in [0, 0.05) is 18.3 Å². The van der Waals surface area contributed by atoms with Gasteiger partial charge in [-0.2, -0.15) is 5.10 Å². The molecule has 0 spiro atoms. The molecule has 4 rings (SSSR count). The second-order valence-corrected chi connectivity index (χ2v) is 7.49. The first kappa shape index (κ1) is 19.4. The van der Waals surface area contributed by atoms with Crippen molar-refractivity contribution in [3.8, 4) is 0 Å². The van der Waals surface area contributed by atoms with Crippen LogP contribution in [0, 0.1) is 0 Å². The van der Waals surface area contributed by atoms with Crippen molar-refractivity contribution in [1.82, 2.24) is 15.1 Å². The van der Waals surface area contributed by atoms with Crippen LogP contribution in [0.2, 0.25) is 0 Å². The molecule has 3 aromatic rings. The zero-order valence-electron chi connectivity index (χ0n) is 16.8. The Kier molecular flexibility index (Phi) is 6.06. The summed E-state index contributed by atoms with van der Waals surface area (Å²) in [5.41, 5.74) is 5.29. The molecule has 0 aliphatic carbocycles. The Bertz CT molecular complexity index is 948. The van der Waals surface area contributed by atoms with E-state index in [-0.39, 0.29) is 12.0 Å². The quantitative estimate of drug-likeness (QED) is 0.666. The van der Waals surface area contributed by atoms with Crippen molar-refractivity contribution in [2.75, 3.05) is 13.2 Å². The molecule has 1 aliphatic rings. The van der Waals surface area contributed by atoms with E-state index in [1.807, 2.05) is 47.1 Å². The Morgan fingerprint density at radius 1 is 1.14 bits per heavy atom. The number of carbonyl (C=O) groups excluding carboxylic acids is 1. The standard InChI is InChI=1S/C24H27N3O2/c1-2-6-18-9-11-20(12-10-18)24(28)25-15-22-23-21(13-14-29-22)17-27(26-23)16-19-7-4-3-5-8-19/h3-5,7-12,17,22H,2,6,13-16H2,1H3,(H,25,28)/t22-/m1/s1. The van der Waals surface area contributed by atoms with Gasteiger partial charge in [-0.1, -0.05) is 55.8 Å². The molecule has 0 unspecified atom stereocenters. The van der Waals surface area contributed by atoms with E-state index >= 15 is 0 Å². The third kappa shape index (κ3) is 4.74. The van der Waals surface area contributed by atoms with Crippen LogP contribution in [0.1, 0.15) is 52.2 Å². The number of aromatic nitrogens is 2. The van der Waals surface area contributed by atoms with E-state index in [1.54, 1.807) is 0 Å². The molecule has 2 aromatic carbocycles. The fourth-order valence-corrected chi connectivity index (χ4v) is 3.74. The molecular weight excluding hydrogens is 362 g/mol. The minimum absolute atomic E-state index is 0.0764. The fraction of sp³-hybridized carbons (Fsp3) is 0.333. The molecule has 1 atom stereocenters. The molecule has 1 aromatic heterocycles. The average Bonchev–Trinajstić information content (AvgIpc) is 3.16. The van der Waals surface area contributed by atoms with Crippen molar-refractivity contribution in [3.05, 3.63) is 88.7 Å². The van der Waals surface area contributed by atoms with Crippen LogP contribution in [0.5, 0.6) is 0 Å². The van der Waals surface area contributed by atoms with Crippen molar-refractivity contribution in [3.63, 3.8) is 0 Å². The van der Waals surface area contributed by atoms with Crippen molar-refractivity contribution in [1.29, 1.82) is 0 Å². The van der Waals surface area contributed by atoms with Gasteiger partial charge < -0.3 is 10.1 Å². The SMILES string of the molecule is CCCc1ccc(C(=O)NC[C@H]2OCCc3cn(Cc4ccccc4)nc32)cc1. The van der Waals surface area contributed by atoms with E-state index < -0.39 is 0 Å². The van der Waals surface area contributed by atoms with Gasteiger partial charge >= 0.3 is 0 Å². The molecule has 5 nitrogen and oxygen atoms in total. The fourth-order valence-electron chi connectivity index (χ4n) is 3.74. The summed E-state index contributed by atoms with van der Waals surface area (Å²) >= 11 is 0. The zero-order valence-corrected chi connectivity index (χ0v) is 16.8. The van der Waals surface area contributed by atoms with Crippen LogP contribution >= 0.6 is 0 Å². The largest absolute Gasteiger partial charge is 0.370 e. The molecule has 0 saturated heterocycles. The monoisotopic (exact) mass is 389 g/mol. The highest BCUT2D eigenvalue weighted by molar-refractivity contribution is 5.94. The number of aryl methyl sites for hydroxylation is 1. The predicted octanol–water partition coefficient (Wildman–Crippen LogP) is 3.93. The second kappa shape index (κ2) is 9.05. The molecule has 0 radical (unpaired) electrons. The van der Waals surface area contributed by atoms with Crippen molar-refractivity contribution < 1.29 is 9.53 Å². The molecule has 1 N–H and O–H groups in total.